The maximum Gasteiger partial charge on any atom is 1.00 e. The number of fused-ring (bicyclic) bond motifs is 16. The Labute approximate surface area is 883 Å². The Kier molecular flexibility index (Phi) is 26.6. The predicted molar refractivity (Wildman–Crippen MR) is 561 cm³/mol. The second-order valence-electron chi connectivity index (χ2n) is 47.1. The summed E-state index contributed by atoms with van der Waals surface area (Å²) in [6.07, 6.45) is 51.7. The Balaban J connectivity index is 0.000000111. The molecule has 4 aromatic carbocycles. The third-order valence-electron chi connectivity index (χ3n) is 40.3. The highest BCUT2D eigenvalue weighted by Gasteiger charge is 2.73. The number of rotatable bonds is 13. The fourth-order valence-corrected chi connectivity index (χ4v) is 33.0. The molecular formula is C123H138BrF6N8O12+. The van der Waals surface area contributed by atoms with Crippen molar-refractivity contribution in [2.24, 2.45) is 69.0 Å². The van der Waals surface area contributed by atoms with Crippen molar-refractivity contribution in [3.63, 3.8) is 0 Å². The van der Waals surface area contributed by atoms with Crippen LogP contribution in [0.3, 0.4) is 0 Å². The molecule has 0 bridgehead atoms. The van der Waals surface area contributed by atoms with Crippen molar-refractivity contribution in [3.8, 4) is 22.7 Å². The first kappa shape index (κ1) is 103. The minimum atomic E-state index is -3.37. The van der Waals surface area contributed by atoms with Crippen LogP contribution in [0.25, 0.3) is 22.7 Å². The number of alkyl halides is 7. The number of ketones is 3. The molecule has 12 fully saturated rings. The number of allylic oxidation sites excluding steroid dienone is 12. The summed E-state index contributed by atoms with van der Waals surface area (Å²) in [6, 6.07) is 34.3. The van der Waals surface area contributed by atoms with Crippen molar-refractivity contribution >= 4 is 33.3 Å². The van der Waals surface area contributed by atoms with Crippen LogP contribution in [-0.2, 0) is 42.8 Å². The lowest BCUT2D eigenvalue weighted by Gasteiger charge is -2.56. The first-order valence-electron chi connectivity index (χ1n) is 54.7. The van der Waals surface area contributed by atoms with E-state index in [0.717, 1.165) is 168 Å². The van der Waals surface area contributed by atoms with Crippen LogP contribution in [0, 0.1) is 69.0 Å². The maximum absolute atomic E-state index is 15.4. The number of ether oxygens (including phenoxy) is 6. The predicted octanol–water partition coefficient (Wildman–Crippen LogP) is 25.3. The van der Waals surface area contributed by atoms with Crippen LogP contribution in [0.1, 0.15) is 261 Å². The molecule has 9 saturated carbocycles. The van der Waals surface area contributed by atoms with Gasteiger partial charge in [-0.1, -0.05) is 118 Å². The van der Waals surface area contributed by atoms with Crippen LogP contribution >= 0.6 is 15.9 Å². The lowest BCUT2D eigenvalue weighted by molar-refractivity contribution is -0.213. The number of benzene rings is 4. The molecule has 3 N–H and O–H groups in total. The van der Waals surface area contributed by atoms with Crippen LogP contribution in [0.2, 0.25) is 0 Å². The molecule has 3 aliphatic heterocycles. The van der Waals surface area contributed by atoms with E-state index in [9.17, 15) is 38.5 Å². The first-order valence-corrected chi connectivity index (χ1v) is 55.5. The number of halogens is 7. The summed E-state index contributed by atoms with van der Waals surface area (Å²) in [5.74, 6) is -5.08. The van der Waals surface area contributed by atoms with Gasteiger partial charge in [0.05, 0.1) is 70.6 Å². The summed E-state index contributed by atoms with van der Waals surface area (Å²) < 4.78 is 128. The summed E-state index contributed by atoms with van der Waals surface area (Å²) in [5.41, 5.74) is 16.5. The topological polar surface area (TPSA) is 239 Å². The van der Waals surface area contributed by atoms with Crippen molar-refractivity contribution in [3.05, 3.63) is 312 Å². The van der Waals surface area contributed by atoms with Crippen LogP contribution in [0.5, 0.6) is 0 Å². The molecule has 20 nitrogen and oxygen atoms in total. The van der Waals surface area contributed by atoms with Gasteiger partial charge in [-0.25, -0.2) is 19.9 Å². The van der Waals surface area contributed by atoms with E-state index in [1.807, 2.05) is 110 Å². The molecule has 4 aromatic heterocycles. The summed E-state index contributed by atoms with van der Waals surface area (Å²) in [4.78, 5) is 52.3. The van der Waals surface area contributed by atoms with Gasteiger partial charge in [-0.15, -0.1) is 0 Å². The molecule has 27 heteroatoms. The van der Waals surface area contributed by atoms with Crippen LogP contribution < -0.4 is 0 Å². The fraction of sp³-hybridized carbons (Fsp3) is 0.520. The van der Waals surface area contributed by atoms with Gasteiger partial charge in [0.2, 0.25) is 0 Å². The van der Waals surface area contributed by atoms with Crippen LogP contribution in [0.4, 0.5) is 26.3 Å². The molecule has 0 radical (unpaired) electrons. The highest BCUT2D eigenvalue weighted by molar-refractivity contribution is 9.10. The lowest BCUT2D eigenvalue weighted by Crippen LogP contribution is -2.59. The van der Waals surface area contributed by atoms with Crippen LogP contribution in [0.15, 0.2) is 289 Å². The zero-order valence-electron chi connectivity index (χ0n) is 87.2. The van der Waals surface area contributed by atoms with Gasteiger partial charge in [0, 0.05) is 163 Å². The number of Topliss-reactive ketones (excluding diaryl/α,β-unsaturated/α-hetero) is 2. The molecule has 27 rings (SSSR count). The van der Waals surface area contributed by atoms with Gasteiger partial charge < -0.3 is 62.0 Å². The number of carbonyl (C=O) groups is 3. The summed E-state index contributed by atoms with van der Waals surface area (Å²) in [5, 5.41) is 35.5. The van der Waals surface area contributed by atoms with Gasteiger partial charge in [0.15, 0.2) is 23.1 Å². The molecule has 0 amide bonds. The van der Waals surface area contributed by atoms with Gasteiger partial charge in [-0.3, -0.25) is 14.4 Å². The zero-order chi connectivity index (χ0) is 104. The molecule has 8 aromatic rings. The average molecular weight is 2110 g/mol. The van der Waals surface area contributed by atoms with Crippen molar-refractivity contribution in [2.45, 2.75) is 288 Å². The van der Waals surface area contributed by atoms with E-state index in [1.54, 1.807) is 42.4 Å². The molecule has 8 unspecified atom stereocenters. The SMILES string of the molecule is C=CC(F)(F)Br.C=CC(F)(F)[C@]1(O)CCC2C3CCC4=CC(=O)CCC4=C3[C@@H](c3ccc(-n4ccnc4)cc3)C[C@@]21C.C=CC(F)(F)[C@]1(O)CCC2C3CCC4=CC5(CCC4=C3[C@@H](c3ccc(-n4ccnc4)cc3)C[C@@]21C)OCCO5.C[C@]12C[C@H](c3ccc(-n4ccnc4)cc3)C3=C4CCC5(C=C4CCC3C1CCC2=O)OCCO5.C[C@]12C[C@H](c3ccc(-n4ccnc4)cc3)C3=C4CCC5(C[C@]4(O)CCC3C1CCC2=O)OCCO5.[H+]. The van der Waals surface area contributed by atoms with Crippen LogP contribution in [-0.4, -0.2) is 161 Å². The van der Waals surface area contributed by atoms with E-state index in [0.29, 0.717) is 144 Å². The van der Waals surface area contributed by atoms with E-state index in [1.165, 1.54) is 55.7 Å². The van der Waals surface area contributed by atoms with E-state index in [4.69, 9.17) is 28.4 Å². The molecule has 790 valence electrons. The minimum absolute atomic E-state index is 0. The van der Waals surface area contributed by atoms with Crippen molar-refractivity contribution < 1.29 is 85.9 Å². The standard InChI is InChI=1S/C32H36F2N2O3.C30H32F2N2O2.C29H34N2O4.C29H32N2O3.C3H3BrF2/c1-3-32(33,34)31(37)13-11-27-25-9-6-22-18-30(38-16-17-39-30)12-10-24(22)28(25)26(19-29(27,31)2)21-4-7-23(8-5-21)36-15-14-35-20-36;1-3-30(31,32)29(36)13-12-26-24-10-6-20-16-22(35)9-11-23(20)27(24)25(17-28(26,29)2)19-4-7-21(8-5-19)34-15-14-33-18-34;1-27-16-22(19-2-4-20(5-3-19)31-13-12-30-18-31)26-21(23(27)6-7-25(27)32)8-10-28(33)17-29(11-9-24(26)28)34-14-15-35-29;1-28-17-24(19-2-5-21(6-3-19)31-13-12-30-18-31)27-22-10-11-29(33-14-15-34-29)16-20(22)4-7-23(27)25(28)8-9-26(28)32;1-2-3(4,5)6/h3-5,7-8,14-15,18,20,25-27,37H,1,6,9-13,16-17,19H2,2H3;3-5,7-8,14-16,18,24-26,36H,1,6,9-13,17H2,2H3;2-5,12-13,18,21-23,33H,6-11,14-17H2,1H3;2-3,5-6,12-13,16,18,23-25H,4,7-11,14-15,17H2,1H3;2H,1H2/p+1/t25?,26-,27?,29+,31+;24?,25-,26?,28+,29+;21?,22-,23?,27+,28-;23?,24-,25?,28+;/m1111./s1. The van der Waals surface area contributed by atoms with E-state index in [2.05, 4.69) is 151 Å². The highest BCUT2D eigenvalue weighted by atomic mass is 79.9. The number of aromatic nitrogens is 8. The zero-order valence-corrected chi connectivity index (χ0v) is 87.8. The van der Waals surface area contributed by atoms with Gasteiger partial charge in [-0.2, -0.15) is 26.3 Å². The Bertz CT molecular complexity index is 6760. The van der Waals surface area contributed by atoms with Crippen molar-refractivity contribution in [1.29, 1.82) is 0 Å². The molecular weight excluding hydrogens is 1980 g/mol. The number of hydrogen-bond donors (Lipinski definition) is 3. The van der Waals surface area contributed by atoms with E-state index < -0.39 is 61.7 Å². The molecule has 19 aliphatic rings. The Morgan fingerprint density at radius 1 is 0.387 bits per heavy atom. The normalized spacial score (nSPS) is 34.4. The van der Waals surface area contributed by atoms with E-state index >= 15 is 17.6 Å². The first-order chi connectivity index (χ1) is 71.9. The van der Waals surface area contributed by atoms with Gasteiger partial charge in [0.25, 0.3) is 11.8 Å². The lowest BCUT2D eigenvalue weighted by atomic mass is 9.50. The third-order valence-corrected chi connectivity index (χ3v) is 40.6. The van der Waals surface area contributed by atoms with Crippen molar-refractivity contribution in [2.75, 3.05) is 39.6 Å². The summed E-state index contributed by atoms with van der Waals surface area (Å²) in [7, 11) is 0. The Hall–Kier alpha value is -10.2. The second-order valence-corrected chi connectivity index (χ2v) is 48.2. The van der Waals surface area contributed by atoms with Gasteiger partial charge >= 0.3 is 6.26 Å². The molecule has 150 heavy (non-hydrogen) atoms. The van der Waals surface area contributed by atoms with Crippen molar-refractivity contribution in [1.82, 2.24) is 38.2 Å². The molecule has 7 heterocycles. The number of carbonyl (C=O) groups excluding carboxylic acids is 3. The number of imidazole rings is 4. The number of nitrogens with zero attached hydrogens (tertiary/aromatic N) is 8. The Morgan fingerprint density at radius 2 is 0.733 bits per heavy atom. The minimum Gasteiger partial charge on any atom is -0.385 e. The number of aliphatic hydroxyl groups is 3. The highest BCUT2D eigenvalue weighted by Crippen LogP contribution is 2.74. The average Bonchev–Trinajstić information content (AvgIpc) is 1.55. The molecule has 19 atom stereocenters. The summed E-state index contributed by atoms with van der Waals surface area (Å²) >= 11 is 2.03. The van der Waals surface area contributed by atoms with E-state index in [-0.39, 0.29) is 72.3 Å². The maximum atomic E-state index is 15.4. The molecule has 16 aliphatic carbocycles. The largest absolute Gasteiger partial charge is 1.00 e. The fourth-order valence-electron chi connectivity index (χ4n) is 33.0. The summed E-state index contributed by atoms with van der Waals surface area (Å²) in [6.45, 7) is 21.7. The Morgan fingerprint density at radius 3 is 1.10 bits per heavy atom. The quantitative estimate of drug-likeness (QED) is 0.0552. The number of hydrogen-bond acceptors (Lipinski definition) is 16. The monoisotopic (exact) mass is 2110 g/mol. The van der Waals surface area contributed by atoms with Gasteiger partial charge in [-0.05, 0) is 351 Å². The third kappa shape index (κ3) is 17.3. The van der Waals surface area contributed by atoms with Gasteiger partial charge in [0.1, 0.15) is 22.8 Å². The smallest absolute Gasteiger partial charge is 0.385 e. The molecule has 3 saturated heterocycles. The second kappa shape index (κ2) is 38.8. The molecule has 3 spiro atoms.